The SMILES string of the molecule is NC1CCc2cnc(C3CCCS(=O)(=O)C3)nc21. The van der Waals surface area contributed by atoms with Crippen molar-refractivity contribution in [3.8, 4) is 0 Å². The third kappa shape index (κ3) is 2.14. The maximum atomic E-state index is 11.7. The van der Waals surface area contributed by atoms with Gasteiger partial charge in [0.2, 0.25) is 0 Å². The lowest BCUT2D eigenvalue weighted by atomic mass is 10.0. The Morgan fingerprint density at radius 1 is 1.33 bits per heavy atom. The van der Waals surface area contributed by atoms with Crippen molar-refractivity contribution in [2.75, 3.05) is 11.5 Å². The van der Waals surface area contributed by atoms with Crippen LogP contribution in [0.25, 0.3) is 0 Å². The second-order valence-corrected chi connectivity index (χ2v) is 7.47. The molecule has 0 aromatic carbocycles. The largest absolute Gasteiger partial charge is 0.323 e. The Hall–Kier alpha value is -1.01. The van der Waals surface area contributed by atoms with Crippen molar-refractivity contribution >= 4 is 9.84 Å². The van der Waals surface area contributed by atoms with E-state index in [0.717, 1.165) is 30.5 Å². The van der Waals surface area contributed by atoms with Gasteiger partial charge in [-0.1, -0.05) is 0 Å². The minimum atomic E-state index is -2.92. The Morgan fingerprint density at radius 3 is 2.94 bits per heavy atom. The number of aromatic nitrogens is 2. The first-order valence-electron chi connectivity index (χ1n) is 6.37. The fourth-order valence-corrected chi connectivity index (χ4v) is 4.52. The summed E-state index contributed by atoms with van der Waals surface area (Å²) in [6, 6.07) is -0.0121. The molecule has 2 aliphatic rings. The van der Waals surface area contributed by atoms with Crippen LogP contribution in [0.3, 0.4) is 0 Å². The Kier molecular flexibility index (Phi) is 2.86. The molecule has 1 aromatic heterocycles. The zero-order valence-electron chi connectivity index (χ0n) is 10.2. The van der Waals surface area contributed by atoms with Crippen LogP contribution in [0.15, 0.2) is 6.20 Å². The number of sulfone groups is 1. The first-order valence-corrected chi connectivity index (χ1v) is 8.19. The first kappa shape index (κ1) is 12.0. The van der Waals surface area contributed by atoms with Gasteiger partial charge in [-0.05, 0) is 31.2 Å². The van der Waals surface area contributed by atoms with Gasteiger partial charge in [0.15, 0.2) is 9.84 Å². The Morgan fingerprint density at radius 2 is 2.17 bits per heavy atom. The lowest BCUT2D eigenvalue weighted by molar-refractivity contribution is 0.541. The molecular weight excluding hydrogens is 250 g/mol. The lowest BCUT2D eigenvalue weighted by Crippen LogP contribution is -2.25. The number of hydrogen-bond donors (Lipinski definition) is 1. The van der Waals surface area contributed by atoms with Gasteiger partial charge in [0.25, 0.3) is 0 Å². The van der Waals surface area contributed by atoms with E-state index in [2.05, 4.69) is 9.97 Å². The van der Waals surface area contributed by atoms with Crippen molar-refractivity contribution in [1.29, 1.82) is 0 Å². The summed E-state index contributed by atoms with van der Waals surface area (Å²) in [7, 11) is -2.92. The molecule has 2 atom stereocenters. The normalized spacial score (nSPS) is 30.1. The smallest absolute Gasteiger partial charge is 0.151 e. The maximum absolute atomic E-state index is 11.7. The van der Waals surface area contributed by atoms with Gasteiger partial charge >= 0.3 is 0 Å². The van der Waals surface area contributed by atoms with Crippen LogP contribution in [-0.4, -0.2) is 29.9 Å². The van der Waals surface area contributed by atoms with E-state index >= 15 is 0 Å². The number of fused-ring (bicyclic) bond motifs is 1. The van der Waals surface area contributed by atoms with Gasteiger partial charge in [-0.25, -0.2) is 18.4 Å². The highest BCUT2D eigenvalue weighted by Crippen LogP contribution is 2.30. The number of nitrogens with two attached hydrogens (primary N) is 1. The molecule has 18 heavy (non-hydrogen) atoms. The van der Waals surface area contributed by atoms with Gasteiger partial charge in [-0.15, -0.1) is 0 Å². The molecule has 1 aliphatic heterocycles. The van der Waals surface area contributed by atoms with Gasteiger partial charge in [-0.3, -0.25) is 0 Å². The Labute approximate surface area is 107 Å². The molecule has 3 rings (SSSR count). The summed E-state index contributed by atoms with van der Waals surface area (Å²) in [5, 5.41) is 0. The summed E-state index contributed by atoms with van der Waals surface area (Å²) in [4.78, 5) is 8.87. The Bertz CT molecular complexity index is 571. The maximum Gasteiger partial charge on any atom is 0.151 e. The molecule has 1 saturated heterocycles. The summed E-state index contributed by atoms with van der Waals surface area (Å²) in [5.41, 5.74) is 8.02. The molecule has 2 N–H and O–H groups in total. The monoisotopic (exact) mass is 267 g/mol. The molecule has 98 valence electrons. The molecule has 2 heterocycles. The van der Waals surface area contributed by atoms with Crippen molar-refractivity contribution in [1.82, 2.24) is 9.97 Å². The fraction of sp³-hybridized carbons (Fsp3) is 0.667. The number of nitrogens with zero attached hydrogens (tertiary/aromatic N) is 2. The zero-order valence-corrected chi connectivity index (χ0v) is 11.0. The van der Waals surface area contributed by atoms with E-state index in [1.54, 1.807) is 0 Å². The summed E-state index contributed by atoms with van der Waals surface area (Å²) in [6.07, 6.45) is 5.23. The molecule has 6 heteroatoms. The van der Waals surface area contributed by atoms with E-state index in [-0.39, 0.29) is 17.7 Å². The van der Waals surface area contributed by atoms with Crippen LogP contribution in [0.1, 0.15) is 48.3 Å². The van der Waals surface area contributed by atoms with E-state index in [4.69, 9.17) is 5.73 Å². The molecule has 5 nitrogen and oxygen atoms in total. The Balaban J connectivity index is 1.91. The predicted molar refractivity (Wildman–Crippen MR) is 67.9 cm³/mol. The van der Waals surface area contributed by atoms with Crippen molar-refractivity contribution in [3.05, 3.63) is 23.3 Å². The van der Waals surface area contributed by atoms with Gasteiger partial charge < -0.3 is 5.73 Å². The third-order valence-corrected chi connectivity index (χ3v) is 5.64. The van der Waals surface area contributed by atoms with Gasteiger partial charge in [0.05, 0.1) is 17.2 Å². The van der Waals surface area contributed by atoms with Crippen molar-refractivity contribution < 1.29 is 8.42 Å². The van der Waals surface area contributed by atoms with Crippen molar-refractivity contribution in [2.24, 2.45) is 5.73 Å². The van der Waals surface area contributed by atoms with E-state index in [9.17, 15) is 8.42 Å². The number of rotatable bonds is 1. The molecule has 0 radical (unpaired) electrons. The number of hydrogen-bond acceptors (Lipinski definition) is 5. The van der Waals surface area contributed by atoms with Crippen LogP contribution < -0.4 is 5.73 Å². The van der Waals surface area contributed by atoms with E-state index in [1.165, 1.54) is 0 Å². The zero-order chi connectivity index (χ0) is 12.8. The highest BCUT2D eigenvalue weighted by Gasteiger charge is 2.29. The lowest BCUT2D eigenvalue weighted by Gasteiger charge is -2.21. The molecule has 1 aromatic rings. The quantitative estimate of drug-likeness (QED) is 0.810. The summed E-state index contributed by atoms with van der Waals surface area (Å²) in [5.74, 6) is 1.09. The number of aryl methyl sites for hydroxylation is 1. The molecule has 2 unspecified atom stereocenters. The summed E-state index contributed by atoms with van der Waals surface area (Å²) < 4.78 is 23.3. The first-order chi connectivity index (χ1) is 8.55. The van der Waals surface area contributed by atoms with Gasteiger partial charge in [-0.2, -0.15) is 0 Å². The molecule has 0 bridgehead atoms. The average Bonchev–Trinajstić information content (AvgIpc) is 2.69. The molecular formula is C12H17N3O2S. The minimum Gasteiger partial charge on any atom is -0.323 e. The van der Waals surface area contributed by atoms with Gasteiger partial charge in [0, 0.05) is 18.2 Å². The topological polar surface area (TPSA) is 85.9 Å². The van der Waals surface area contributed by atoms with Crippen molar-refractivity contribution in [3.63, 3.8) is 0 Å². The molecule has 0 spiro atoms. The average molecular weight is 267 g/mol. The molecule has 1 aliphatic carbocycles. The minimum absolute atomic E-state index is 0.0121. The van der Waals surface area contributed by atoms with Crippen LogP contribution in [-0.2, 0) is 16.3 Å². The second-order valence-electron chi connectivity index (χ2n) is 5.24. The standard InChI is InChI=1S/C12H17N3O2S/c13-10-4-3-8-6-14-12(15-11(8)10)9-2-1-5-18(16,17)7-9/h6,9-10H,1-5,7,13H2. The summed E-state index contributed by atoms with van der Waals surface area (Å²) >= 11 is 0. The van der Waals surface area contributed by atoms with Crippen LogP contribution in [0.4, 0.5) is 0 Å². The van der Waals surface area contributed by atoms with Gasteiger partial charge in [0.1, 0.15) is 5.82 Å². The molecule has 0 amide bonds. The van der Waals surface area contributed by atoms with Crippen LogP contribution in [0.5, 0.6) is 0 Å². The second kappa shape index (κ2) is 4.28. The van der Waals surface area contributed by atoms with Crippen LogP contribution in [0, 0.1) is 0 Å². The third-order valence-electron chi connectivity index (χ3n) is 3.82. The molecule has 1 fully saturated rings. The van der Waals surface area contributed by atoms with E-state index in [1.807, 2.05) is 6.20 Å². The predicted octanol–water partition coefficient (Wildman–Crippen LogP) is 0.715. The van der Waals surface area contributed by atoms with Crippen LogP contribution in [0.2, 0.25) is 0 Å². The van der Waals surface area contributed by atoms with Crippen LogP contribution >= 0.6 is 0 Å². The van der Waals surface area contributed by atoms with E-state index < -0.39 is 9.84 Å². The van der Waals surface area contributed by atoms with E-state index in [0.29, 0.717) is 18.0 Å². The molecule has 0 saturated carbocycles. The highest BCUT2D eigenvalue weighted by atomic mass is 32.2. The summed E-state index contributed by atoms with van der Waals surface area (Å²) in [6.45, 7) is 0. The highest BCUT2D eigenvalue weighted by molar-refractivity contribution is 7.91. The van der Waals surface area contributed by atoms with Crippen molar-refractivity contribution in [2.45, 2.75) is 37.6 Å². The fourth-order valence-electron chi connectivity index (χ4n) is 2.82.